The molecule has 5 nitrogen and oxygen atoms in total. The zero-order chi connectivity index (χ0) is 10.8. The van der Waals surface area contributed by atoms with Gasteiger partial charge in [-0.1, -0.05) is 5.16 Å². The van der Waals surface area contributed by atoms with Crippen molar-refractivity contribution in [2.24, 2.45) is 0 Å². The number of furan rings is 1. The second kappa shape index (κ2) is 3.78. The number of aromatic nitrogens is 1. The van der Waals surface area contributed by atoms with Crippen molar-refractivity contribution in [2.75, 3.05) is 5.32 Å². The topological polar surface area (TPSA) is 68.3 Å². The Hall–Kier alpha value is -1.75. The van der Waals surface area contributed by atoms with E-state index < -0.39 is 5.91 Å². The van der Waals surface area contributed by atoms with Crippen molar-refractivity contribution in [2.45, 2.75) is 6.92 Å². The maximum absolute atomic E-state index is 11.6. The summed E-state index contributed by atoms with van der Waals surface area (Å²) in [6.07, 6.45) is 1.34. The zero-order valence-electron chi connectivity index (χ0n) is 7.78. The van der Waals surface area contributed by atoms with Gasteiger partial charge in [-0.2, -0.15) is 0 Å². The second-order valence-electron chi connectivity index (χ2n) is 2.89. The summed E-state index contributed by atoms with van der Waals surface area (Å²) in [6, 6.07) is 3.08. The van der Waals surface area contributed by atoms with Gasteiger partial charge in [0.05, 0.1) is 17.5 Å². The van der Waals surface area contributed by atoms with Crippen LogP contribution in [-0.4, -0.2) is 11.1 Å². The fourth-order valence-corrected chi connectivity index (χ4v) is 1.26. The molecule has 6 heteroatoms. The molecule has 1 amide bonds. The molecule has 0 aliphatic carbocycles. The fourth-order valence-electron chi connectivity index (χ4n) is 1.06. The molecule has 0 bridgehead atoms. The molecule has 0 unspecified atom stereocenters. The summed E-state index contributed by atoms with van der Waals surface area (Å²) in [5, 5.41) is 6.17. The highest BCUT2D eigenvalue weighted by atomic mass is 35.5. The maximum Gasteiger partial charge on any atom is 0.262 e. The van der Waals surface area contributed by atoms with Crippen LogP contribution in [0.2, 0.25) is 5.22 Å². The van der Waals surface area contributed by atoms with Crippen LogP contribution in [-0.2, 0) is 0 Å². The number of halogens is 1. The first-order valence-corrected chi connectivity index (χ1v) is 4.52. The van der Waals surface area contributed by atoms with Gasteiger partial charge in [-0.25, -0.2) is 0 Å². The summed E-state index contributed by atoms with van der Waals surface area (Å²) in [5.74, 6) is -0.125. The normalized spacial score (nSPS) is 10.3. The van der Waals surface area contributed by atoms with Gasteiger partial charge in [0.25, 0.3) is 5.91 Å². The van der Waals surface area contributed by atoms with Crippen LogP contribution >= 0.6 is 11.6 Å². The average molecular weight is 227 g/mol. The number of carbonyl (C=O) groups excluding carboxylic acids is 1. The van der Waals surface area contributed by atoms with Crippen LogP contribution in [0.5, 0.6) is 0 Å². The Morgan fingerprint density at radius 1 is 1.60 bits per heavy atom. The number of rotatable bonds is 2. The Balaban J connectivity index is 2.14. The number of carbonyl (C=O) groups is 1. The number of hydrogen-bond acceptors (Lipinski definition) is 4. The standard InChI is InChI=1S/C9H7ClN2O3/c1-5-4-7(15-12-5)11-9(13)6-2-3-14-8(6)10/h2-4H,1H3,(H,11,13). The lowest BCUT2D eigenvalue weighted by Crippen LogP contribution is -2.10. The fraction of sp³-hybridized carbons (Fsp3) is 0.111. The summed E-state index contributed by atoms with van der Waals surface area (Å²) < 4.78 is 9.60. The van der Waals surface area contributed by atoms with Gasteiger partial charge in [-0.15, -0.1) is 0 Å². The molecule has 0 atom stereocenters. The van der Waals surface area contributed by atoms with Crippen molar-refractivity contribution in [3.8, 4) is 0 Å². The SMILES string of the molecule is Cc1cc(NC(=O)c2ccoc2Cl)on1. The number of hydrogen-bond donors (Lipinski definition) is 1. The highest BCUT2D eigenvalue weighted by Gasteiger charge is 2.14. The highest BCUT2D eigenvalue weighted by Crippen LogP contribution is 2.18. The summed E-state index contributed by atoms with van der Waals surface area (Å²) >= 11 is 5.63. The van der Waals surface area contributed by atoms with Gasteiger partial charge in [0.1, 0.15) is 0 Å². The minimum atomic E-state index is -0.398. The number of amides is 1. The molecule has 2 aromatic rings. The van der Waals surface area contributed by atoms with Gasteiger partial charge in [-0.05, 0) is 24.6 Å². The zero-order valence-corrected chi connectivity index (χ0v) is 8.54. The van der Waals surface area contributed by atoms with Crippen molar-refractivity contribution in [1.29, 1.82) is 0 Å². The third kappa shape index (κ3) is 2.02. The predicted molar refractivity (Wildman–Crippen MR) is 52.9 cm³/mol. The first kappa shape index (κ1) is 9.79. The predicted octanol–water partition coefficient (Wildman–Crippen LogP) is 2.48. The highest BCUT2D eigenvalue weighted by molar-refractivity contribution is 6.32. The van der Waals surface area contributed by atoms with E-state index in [-0.39, 0.29) is 16.7 Å². The second-order valence-corrected chi connectivity index (χ2v) is 3.24. The van der Waals surface area contributed by atoms with E-state index in [1.807, 2.05) is 0 Å². The summed E-state index contributed by atoms with van der Waals surface area (Å²) in [4.78, 5) is 11.6. The monoisotopic (exact) mass is 226 g/mol. The first-order chi connectivity index (χ1) is 7.16. The lowest BCUT2D eigenvalue weighted by Gasteiger charge is -1.97. The summed E-state index contributed by atoms with van der Waals surface area (Å²) in [5.41, 5.74) is 0.939. The lowest BCUT2D eigenvalue weighted by atomic mass is 10.3. The Morgan fingerprint density at radius 2 is 2.40 bits per heavy atom. The molecule has 2 heterocycles. The van der Waals surface area contributed by atoms with Gasteiger partial charge in [0.15, 0.2) is 0 Å². The van der Waals surface area contributed by atoms with Crippen LogP contribution in [0.15, 0.2) is 27.3 Å². The molecular formula is C9H7ClN2O3. The van der Waals surface area contributed by atoms with Gasteiger partial charge in [0, 0.05) is 6.07 Å². The molecule has 0 spiro atoms. The van der Waals surface area contributed by atoms with E-state index in [0.29, 0.717) is 5.69 Å². The first-order valence-electron chi connectivity index (χ1n) is 4.14. The van der Waals surface area contributed by atoms with Crippen LogP contribution in [0.4, 0.5) is 5.88 Å². The van der Waals surface area contributed by atoms with Gasteiger partial charge in [0.2, 0.25) is 11.1 Å². The van der Waals surface area contributed by atoms with Crippen molar-refractivity contribution < 1.29 is 13.7 Å². The van der Waals surface area contributed by atoms with E-state index >= 15 is 0 Å². The molecule has 2 rings (SSSR count). The molecule has 78 valence electrons. The summed E-state index contributed by atoms with van der Waals surface area (Å²) in [7, 11) is 0. The van der Waals surface area contributed by atoms with E-state index in [1.165, 1.54) is 12.3 Å². The van der Waals surface area contributed by atoms with Crippen LogP contribution in [0.3, 0.4) is 0 Å². The Kier molecular flexibility index (Phi) is 2.47. The van der Waals surface area contributed by atoms with Crippen molar-refractivity contribution in [1.82, 2.24) is 5.16 Å². The maximum atomic E-state index is 11.6. The lowest BCUT2D eigenvalue weighted by molar-refractivity contribution is 0.102. The molecule has 0 aliphatic rings. The minimum Gasteiger partial charge on any atom is -0.452 e. The van der Waals surface area contributed by atoms with Gasteiger partial charge in [-0.3, -0.25) is 10.1 Å². The van der Waals surface area contributed by atoms with Gasteiger partial charge >= 0.3 is 0 Å². The van der Waals surface area contributed by atoms with Crippen molar-refractivity contribution >= 4 is 23.4 Å². The minimum absolute atomic E-state index is 0.0451. The molecule has 0 saturated carbocycles. The van der Waals surface area contributed by atoms with E-state index in [9.17, 15) is 4.79 Å². The van der Waals surface area contributed by atoms with Crippen LogP contribution in [0.1, 0.15) is 16.1 Å². The number of aryl methyl sites for hydroxylation is 1. The van der Waals surface area contributed by atoms with E-state index in [4.69, 9.17) is 20.5 Å². The number of anilines is 1. The number of nitrogens with zero attached hydrogens (tertiary/aromatic N) is 1. The summed E-state index contributed by atoms with van der Waals surface area (Å²) in [6.45, 7) is 1.75. The molecule has 0 aromatic carbocycles. The third-order valence-electron chi connectivity index (χ3n) is 1.73. The van der Waals surface area contributed by atoms with E-state index in [1.54, 1.807) is 13.0 Å². The molecule has 15 heavy (non-hydrogen) atoms. The molecule has 0 saturated heterocycles. The van der Waals surface area contributed by atoms with Crippen LogP contribution < -0.4 is 5.32 Å². The molecular weight excluding hydrogens is 220 g/mol. The Morgan fingerprint density at radius 3 is 2.93 bits per heavy atom. The molecule has 0 fully saturated rings. The van der Waals surface area contributed by atoms with E-state index in [0.717, 1.165) is 0 Å². The van der Waals surface area contributed by atoms with Crippen LogP contribution in [0.25, 0.3) is 0 Å². The Labute approximate surface area is 90.0 Å². The quantitative estimate of drug-likeness (QED) is 0.854. The van der Waals surface area contributed by atoms with Crippen molar-refractivity contribution in [3.05, 3.63) is 34.9 Å². The largest absolute Gasteiger partial charge is 0.452 e. The Bertz CT molecular complexity index is 489. The average Bonchev–Trinajstić information content (AvgIpc) is 2.75. The number of nitrogens with one attached hydrogen (secondary N) is 1. The smallest absolute Gasteiger partial charge is 0.262 e. The van der Waals surface area contributed by atoms with Gasteiger partial charge < -0.3 is 8.94 Å². The molecule has 1 N–H and O–H groups in total. The molecule has 2 aromatic heterocycles. The molecule has 0 aliphatic heterocycles. The van der Waals surface area contributed by atoms with E-state index in [2.05, 4.69) is 10.5 Å². The molecule has 0 radical (unpaired) electrons. The van der Waals surface area contributed by atoms with Crippen LogP contribution in [0, 0.1) is 6.92 Å². The van der Waals surface area contributed by atoms with Crippen molar-refractivity contribution in [3.63, 3.8) is 0 Å². The third-order valence-corrected chi connectivity index (χ3v) is 2.02.